The van der Waals surface area contributed by atoms with Crippen LogP contribution in [0.25, 0.3) is 11.0 Å². The summed E-state index contributed by atoms with van der Waals surface area (Å²) in [6.07, 6.45) is 1.60. The minimum Gasteiger partial charge on any atom is -0.377 e. The van der Waals surface area contributed by atoms with E-state index in [1.54, 1.807) is 18.2 Å². The number of sulfonamides is 1. The minimum absolute atomic E-state index is 0.0146. The largest absolute Gasteiger partial charge is 0.377 e. The Hall–Kier alpha value is -2.47. The molecule has 11 heteroatoms. The highest BCUT2D eigenvalue weighted by Crippen LogP contribution is 2.23. The monoisotopic (exact) mass is 494 g/mol. The van der Waals surface area contributed by atoms with Gasteiger partial charge in [-0.2, -0.15) is 0 Å². The molecule has 3 aromatic rings. The van der Waals surface area contributed by atoms with Crippen molar-refractivity contribution in [1.82, 2.24) is 14.7 Å². The molecule has 0 saturated carbocycles. The number of nitrogens with one attached hydrogen (secondary N) is 4. The van der Waals surface area contributed by atoms with Crippen molar-refractivity contribution in [3.05, 3.63) is 56.9 Å². The van der Waals surface area contributed by atoms with Gasteiger partial charge in [-0.05, 0) is 65.2 Å². The number of aromatic nitrogens is 2. The first-order valence-electron chi connectivity index (χ1n) is 9.26. The molecule has 1 fully saturated rings. The summed E-state index contributed by atoms with van der Waals surface area (Å²) in [4.78, 5) is 29.4. The molecule has 1 aromatic heterocycles. The van der Waals surface area contributed by atoms with Gasteiger partial charge in [-0.1, -0.05) is 0 Å². The molecule has 4 N–H and O–H groups in total. The van der Waals surface area contributed by atoms with Crippen molar-refractivity contribution in [2.75, 3.05) is 18.5 Å². The first-order chi connectivity index (χ1) is 14.3. The van der Waals surface area contributed by atoms with E-state index >= 15 is 0 Å². The van der Waals surface area contributed by atoms with Crippen LogP contribution in [0.3, 0.4) is 0 Å². The molecule has 0 spiro atoms. The summed E-state index contributed by atoms with van der Waals surface area (Å²) in [5.41, 5.74) is 1.44. The van der Waals surface area contributed by atoms with Crippen molar-refractivity contribution in [1.29, 1.82) is 0 Å². The van der Waals surface area contributed by atoms with Gasteiger partial charge < -0.3 is 20.0 Å². The fourth-order valence-electron chi connectivity index (χ4n) is 3.25. The number of H-pyrrole nitrogens is 2. The Morgan fingerprint density at radius 1 is 1.17 bits per heavy atom. The number of ether oxygens (including phenoxy) is 1. The normalized spacial score (nSPS) is 16.8. The number of aromatic amines is 2. The molecule has 0 bridgehead atoms. The number of hydrogen-bond donors (Lipinski definition) is 4. The highest BCUT2D eigenvalue weighted by Gasteiger charge is 2.22. The number of carbonyl (C=O) groups excluding carboxylic acids is 1. The molecule has 1 aliphatic rings. The van der Waals surface area contributed by atoms with Crippen LogP contribution in [0.4, 0.5) is 5.69 Å². The van der Waals surface area contributed by atoms with Crippen LogP contribution in [0.1, 0.15) is 23.2 Å². The van der Waals surface area contributed by atoms with Crippen LogP contribution in [0.5, 0.6) is 0 Å². The second-order valence-electron chi connectivity index (χ2n) is 6.92. The molecule has 9 nitrogen and oxygen atoms in total. The van der Waals surface area contributed by atoms with Gasteiger partial charge in [0.15, 0.2) is 0 Å². The van der Waals surface area contributed by atoms with Crippen LogP contribution >= 0.6 is 15.9 Å². The number of halogens is 1. The van der Waals surface area contributed by atoms with Gasteiger partial charge in [-0.3, -0.25) is 4.79 Å². The molecular formula is C19H19BrN4O5S. The summed E-state index contributed by atoms with van der Waals surface area (Å²) >= 11 is 3.30. The van der Waals surface area contributed by atoms with E-state index in [2.05, 4.69) is 35.9 Å². The van der Waals surface area contributed by atoms with Crippen LogP contribution in [0.15, 0.2) is 50.6 Å². The first-order valence-corrected chi connectivity index (χ1v) is 11.5. The van der Waals surface area contributed by atoms with Crippen molar-refractivity contribution in [3.8, 4) is 0 Å². The maximum atomic E-state index is 12.8. The summed E-state index contributed by atoms with van der Waals surface area (Å²) in [6.45, 7) is 0.826. The average molecular weight is 495 g/mol. The molecule has 4 rings (SSSR count). The van der Waals surface area contributed by atoms with E-state index in [1.807, 2.05) is 0 Å². The Morgan fingerprint density at radius 3 is 2.73 bits per heavy atom. The quantitative estimate of drug-likeness (QED) is 0.417. The lowest BCUT2D eigenvalue weighted by molar-refractivity contribution is 0.102. The van der Waals surface area contributed by atoms with E-state index in [0.29, 0.717) is 27.8 Å². The van der Waals surface area contributed by atoms with Gasteiger partial charge in [-0.15, -0.1) is 0 Å². The van der Waals surface area contributed by atoms with E-state index < -0.39 is 15.9 Å². The van der Waals surface area contributed by atoms with Gasteiger partial charge in [0.2, 0.25) is 10.0 Å². The van der Waals surface area contributed by atoms with Crippen molar-refractivity contribution in [3.63, 3.8) is 0 Å². The maximum Gasteiger partial charge on any atom is 0.323 e. The number of rotatable bonds is 6. The zero-order valence-corrected chi connectivity index (χ0v) is 18.1. The van der Waals surface area contributed by atoms with Gasteiger partial charge in [0.1, 0.15) is 0 Å². The topological polar surface area (TPSA) is 133 Å². The summed E-state index contributed by atoms with van der Waals surface area (Å²) < 4.78 is 33.7. The molecule has 1 saturated heterocycles. The highest BCUT2D eigenvalue weighted by atomic mass is 79.9. The lowest BCUT2D eigenvalue weighted by Crippen LogP contribution is -2.32. The number of anilines is 1. The smallest absolute Gasteiger partial charge is 0.323 e. The fraction of sp³-hybridized carbons (Fsp3) is 0.263. The van der Waals surface area contributed by atoms with Gasteiger partial charge in [-0.25, -0.2) is 17.9 Å². The van der Waals surface area contributed by atoms with Crippen LogP contribution in [0.2, 0.25) is 0 Å². The van der Waals surface area contributed by atoms with E-state index in [4.69, 9.17) is 4.74 Å². The Balaban J connectivity index is 1.53. The number of hydrogen-bond acceptors (Lipinski definition) is 5. The van der Waals surface area contributed by atoms with Gasteiger partial charge in [0, 0.05) is 23.3 Å². The van der Waals surface area contributed by atoms with E-state index in [9.17, 15) is 18.0 Å². The number of carbonyl (C=O) groups is 1. The summed E-state index contributed by atoms with van der Waals surface area (Å²) in [5.74, 6) is -0.490. The van der Waals surface area contributed by atoms with Crippen molar-refractivity contribution in [2.24, 2.45) is 0 Å². The molecule has 2 heterocycles. The summed E-state index contributed by atoms with van der Waals surface area (Å²) in [7, 11) is -3.79. The fourth-order valence-corrected chi connectivity index (χ4v) is 4.76. The minimum atomic E-state index is -3.79. The van der Waals surface area contributed by atoms with E-state index in [-0.39, 0.29) is 28.8 Å². The van der Waals surface area contributed by atoms with Gasteiger partial charge >= 0.3 is 5.69 Å². The average Bonchev–Trinajstić information content (AvgIpc) is 3.34. The maximum absolute atomic E-state index is 12.8. The van der Waals surface area contributed by atoms with Crippen LogP contribution in [0, 0.1) is 0 Å². The predicted molar refractivity (Wildman–Crippen MR) is 115 cm³/mol. The number of benzene rings is 2. The molecule has 0 unspecified atom stereocenters. The third kappa shape index (κ3) is 4.48. The Bertz CT molecular complexity index is 1260. The van der Waals surface area contributed by atoms with Crippen LogP contribution < -0.4 is 15.7 Å². The standard InChI is InChI=1S/C19H19BrN4O5S/c20-15-5-4-13(30(27,28)21-10-12-2-1-7-29-12)9-14(15)18(25)22-11-3-6-16-17(8-11)24-19(26)23-16/h3-6,8-9,12,21H,1-2,7,10H2,(H,22,25)(H2,23,24,26)/t12-/m0/s1. The van der Waals surface area contributed by atoms with Gasteiger partial charge in [0.05, 0.1) is 27.6 Å². The zero-order valence-electron chi connectivity index (χ0n) is 15.7. The number of fused-ring (bicyclic) bond motifs is 1. The first kappa shape index (κ1) is 20.8. The SMILES string of the molecule is O=C(Nc1ccc2[nH]c(=O)[nH]c2c1)c1cc(S(=O)(=O)NC[C@@H]2CCCO2)ccc1Br. The van der Waals surface area contributed by atoms with Crippen molar-refractivity contribution < 1.29 is 17.9 Å². The molecule has 2 aromatic carbocycles. The number of amides is 1. The Morgan fingerprint density at radius 2 is 1.97 bits per heavy atom. The molecule has 0 aliphatic carbocycles. The highest BCUT2D eigenvalue weighted by molar-refractivity contribution is 9.10. The molecule has 1 amide bonds. The summed E-state index contributed by atoms with van der Waals surface area (Å²) in [5, 5.41) is 2.72. The molecule has 30 heavy (non-hydrogen) atoms. The third-order valence-corrected chi connectivity index (χ3v) is 6.90. The molecular weight excluding hydrogens is 476 g/mol. The number of imidazole rings is 1. The van der Waals surface area contributed by atoms with E-state index in [0.717, 1.165) is 12.8 Å². The second-order valence-corrected chi connectivity index (χ2v) is 9.54. The van der Waals surface area contributed by atoms with Crippen molar-refractivity contribution >= 4 is 48.6 Å². The van der Waals surface area contributed by atoms with E-state index in [1.165, 1.54) is 18.2 Å². The predicted octanol–water partition coefficient (Wildman–Crippen LogP) is 2.33. The molecule has 1 atom stereocenters. The molecule has 1 aliphatic heterocycles. The lowest BCUT2D eigenvalue weighted by Gasteiger charge is -2.13. The second kappa shape index (κ2) is 8.34. The Kier molecular flexibility index (Phi) is 5.78. The van der Waals surface area contributed by atoms with Crippen molar-refractivity contribution in [2.45, 2.75) is 23.8 Å². The van der Waals surface area contributed by atoms with Gasteiger partial charge in [0.25, 0.3) is 5.91 Å². The zero-order chi connectivity index (χ0) is 21.3. The molecule has 158 valence electrons. The van der Waals surface area contributed by atoms with Crippen LogP contribution in [-0.4, -0.2) is 43.5 Å². The lowest BCUT2D eigenvalue weighted by atomic mass is 10.2. The molecule has 0 radical (unpaired) electrons. The Labute approximate surface area is 180 Å². The third-order valence-electron chi connectivity index (χ3n) is 4.79. The van der Waals surface area contributed by atoms with Crippen LogP contribution in [-0.2, 0) is 14.8 Å². The summed E-state index contributed by atoms with van der Waals surface area (Å²) in [6, 6.07) is 9.17.